The van der Waals surface area contributed by atoms with Gasteiger partial charge in [0.2, 0.25) is 0 Å². The molecule has 1 heterocycles. The number of carbonyl (C=O) groups is 2. The number of hydrogen-bond acceptors (Lipinski definition) is 3. The van der Waals surface area contributed by atoms with E-state index < -0.39 is 0 Å². The minimum atomic E-state index is -0.271. The van der Waals surface area contributed by atoms with Crippen molar-refractivity contribution < 1.29 is 14.3 Å². The van der Waals surface area contributed by atoms with Crippen LogP contribution in [-0.2, 0) is 9.53 Å². The summed E-state index contributed by atoms with van der Waals surface area (Å²) in [6.07, 6.45) is 6.03. The number of hydrogen-bond donors (Lipinski definition) is 0. The van der Waals surface area contributed by atoms with Gasteiger partial charge in [0, 0.05) is 23.1 Å². The average molecular weight is 284 g/mol. The molecule has 0 unspecified atom stereocenters. The molecule has 1 aliphatic heterocycles. The lowest BCUT2D eigenvalue weighted by molar-refractivity contribution is -0.140. The monoisotopic (exact) mass is 284 g/mol. The number of ketones is 1. The lowest BCUT2D eigenvalue weighted by Gasteiger charge is -2.28. The third-order valence-electron chi connectivity index (χ3n) is 4.45. The Kier molecular flexibility index (Phi) is 4.18. The molecule has 3 rings (SSSR count). The van der Waals surface area contributed by atoms with Gasteiger partial charge in [-0.05, 0) is 18.8 Å². The summed E-state index contributed by atoms with van der Waals surface area (Å²) in [5.41, 5.74) is 2.01. The highest BCUT2D eigenvalue weighted by atomic mass is 16.5. The molecule has 0 spiro atoms. The van der Waals surface area contributed by atoms with E-state index >= 15 is 0 Å². The second-order valence-electron chi connectivity index (χ2n) is 5.81. The summed E-state index contributed by atoms with van der Waals surface area (Å²) in [5.74, 6) is -0.0746. The van der Waals surface area contributed by atoms with Crippen molar-refractivity contribution in [3.05, 3.63) is 47.0 Å². The molecule has 0 atom stereocenters. The van der Waals surface area contributed by atoms with Gasteiger partial charge in [-0.3, -0.25) is 4.79 Å². The van der Waals surface area contributed by atoms with Crippen molar-refractivity contribution >= 4 is 11.8 Å². The molecule has 3 nitrogen and oxygen atoms in total. The molecule has 0 N–H and O–H groups in total. The zero-order chi connectivity index (χ0) is 14.7. The number of carbonyl (C=O) groups excluding carboxylic acids is 2. The molecule has 0 saturated heterocycles. The predicted molar refractivity (Wildman–Crippen MR) is 79.9 cm³/mol. The first-order valence-corrected chi connectivity index (χ1v) is 7.77. The largest absolute Gasteiger partial charge is 0.462 e. The summed E-state index contributed by atoms with van der Waals surface area (Å²) in [6.45, 7) is 0.322. The van der Waals surface area contributed by atoms with E-state index in [2.05, 4.69) is 0 Å². The Balaban J connectivity index is 1.97. The second kappa shape index (κ2) is 6.25. The molecule has 110 valence electrons. The first kappa shape index (κ1) is 14.1. The van der Waals surface area contributed by atoms with Gasteiger partial charge < -0.3 is 4.74 Å². The molecule has 1 aromatic carbocycles. The highest BCUT2D eigenvalue weighted by Crippen LogP contribution is 2.35. The maximum absolute atomic E-state index is 12.7. The normalized spacial score (nSPS) is 20.3. The first-order chi connectivity index (χ1) is 10.3. The van der Waals surface area contributed by atoms with Gasteiger partial charge >= 0.3 is 5.97 Å². The molecule has 1 saturated carbocycles. The number of esters is 1. The van der Waals surface area contributed by atoms with Crippen molar-refractivity contribution in [3.8, 4) is 0 Å². The Morgan fingerprint density at radius 1 is 1.05 bits per heavy atom. The Bertz CT molecular complexity index is 565. The van der Waals surface area contributed by atoms with Crippen molar-refractivity contribution in [1.82, 2.24) is 0 Å². The molecule has 21 heavy (non-hydrogen) atoms. The fourth-order valence-electron chi connectivity index (χ4n) is 3.39. The van der Waals surface area contributed by atoms with E-state index in [-0.39, 0.29) is 17.7 Å². The van der Waals surface area contributed by atoms with Gasteiger partial charge in [0.1, 0.15) is 0 Å². The van der Waals surface area contributed by atoms with Crippen molar-refractivity contribution in [1.29, 1.82) is 0 Å². The van der Waals surface area contributed by atoms with Gasteiger partial charge in [-0.1, -0.05) is 49.6 Å². The highest BCUT2D eigenvalue weighted by molar-refractivity contribution is 6.13. The first-order valence-electron chi connectivity index (χ1n) is 7.77. The lowest BCUT2D eigenvalue weighted by atomic mass is 9.79. The van der Waals surface area contributed by atoms with Crippen LogP contribution in [0.25, 0.3) is 0 Å². The van der Waals surface area contributed by atoms with E-state index in [0.717, 1.165) is 25.7 Å². The van der Waals surface area contributed by atoms with Crippen molar-refractivity contribution in [2.75, 3.05) is 6.61 Å². The van der Waals surface area contributed by atoms with Gasteiger partial charge in [-0.2, -0.15) is 0 Å². The molecule has 0 radical (unpaired) electrons. The summed E-state index contributed by atoms with van der Waals surface area (Å²) >= 11 is 0. The average Bonchev–Trinajstić information content (AvgIpc) is 2.55. The second-order valence-corrected chi connectivity index (χ2v) is 5.81. The smallest absolute Gasteiger partial charge is 0.334 e. The van der Waals surface area contributed by atoms with Crippen LogP contribution in [0.1, 0.15) is 48.9 Å². The minimum Gasteiger partial charge on any atom is -0.462 e. The Morgan fingerprint density at radius 2 is 1.76 bits per heavy atom. The van der Waals surface area contributed by atoms with E-state index in [9.17, 15) is 9.59 Å². The molecule has 3 heteroatoms. The summed E-state index contributed by atoms with van der Waals surface area (Å²) in [7, 11) is 0. The van der Waals surface area contributed by atoms with Gasteiger partial charge in [-0.25, -0.2) is 4.79 Å². The number of cyclic esters (lactones) is 1. The fourth-order valence-corrected chi connectivity index (χ4v) is 3.39. The van der Waals surface area contributed by atoms with E-state index in [4.69, 9.17) is 4.74 Å². The molecule has 1 fully saturated rings. The van der Waals surface area contributed by atoms with Gasteiger partial charge in [0.05, 0.1) is 6.61 Å². The van der Waals surface area contributed by atoms with Crippen molar-refractivity contribution in [2.45, 2.75) is 38.5 Å². The van der Waals surface area contributed by atoms with Crippen LogP contribution >= 0.6 is 0 Å². The molecule has 2 aliphatic rings. The maximum Gasteiger partial charge on any atom is 0.334 e. The van der Waals surface area contributed by atoms with E-state index in [0.29, 0.717) is 29.7 Å². The molecule has 0 bridgehead atoms. The minimum absolute atomic E-state index is 0.00664. The standard InChI is InChI=1S/C18H20O3/c19-17(14-9-5-2-6-10-14)15-11-12-21-18(20)16(15)13-7-3-1-4-8-13/h2,5-6,9-10,13H,1,3-4,7-8,11-12H2. The highest BCUT2D eigenvalue weighted by Gasteiger charge is 2.33. The zero-order valence-electron chi connectivity index (χ0n) is 12.1. The summed E-state index contributed by atoms with van der Waals surface area (Å²) < 4.78 is 5.21. The number of Topliss-reactive ketones (excluding diaryl/α,β-unsaturated/α-hetero) is 1. The van der Waals surface area contributed by atoms with Crippen LogP contribution in [0.3, 0.4) is 0 Å². The summed E-state index contributed by atoms with van der Waals surface area (Å²) in [5, 5.41) is 0. The molecular formula is C18H20O3. The molecular weight excluding hydrogens is 264 g/mol. The SMILES string of the molecule is O=C1OCCC(C(=O)c2ccccc2)=C1C1CCCCC1. The van der Waals surface area contributed by atoms with Crippen LogP contribution in [0.4, 0.5) is 0 Å². The molecule has 0 aromatic heterocycles. The maximum atomic E-state index is 12.7. The Hall–Kier alpha value is -1.90. The lowest BCUT2D eigenvalue weighted by Crippen LogP contribution is -2.27. The molecule has 1 aliphatic carbocycles. The van der Waals surface area contributed by atoms with Crippen LogP contribution < -0.4 is 0 Å². The summed E-state index contributed by atoms with van der Waals surface area (Å²) in [4.78, 5) is 24.9. The van der Waals surface area contributed by atoms with Crippen LogP contribution in [-0.4, -0.2) is 18.4 Å². The molecule has 0 amide bonds. The van der Waals surface area contributed by atoms with E-state index in [1.165, 1.54) is 6.42 Å². The number of benzene rings is 1. The van der Waals surface area contributed by atoms with Crippen LogP contribution in [0.15, 0.2) is 41.5 Å². The Morgan fingerprint density at radius 3 is 2.48 bits per heavy atom. The fraction of sp³-hybridized carbons (Fsp3) is 0.444. The Labute approximate surface area is 125 Å². The third-order valence-corrected chi connectivity index (χ3v) is 4.45. The third kappa shape index (κ3) is 2.92. The van der Waals surface area contributed by atoms with Crippen LogP contribution in [0, 0.1) is 5.92 Å². The van der Waals surface area contributed by atoms with E-state index in [1.807, 2.05) is 30.3 Å². The number of rotatable bonds is 3. The van der Waals surface area contributed by atoms with Crippen molar-refractivity contribution in [2.24, 2.45) is 5.92 Å². The molecule has 1 aromatic rings. The quantitative estimate of drug-likeness (QED) is 0.628. The van der Waals surface area contributed by atoms with Crippen LogP contribution in [0.2, 0.25) is 0 Å². The van der Waals surface area contributed by atoms with Crippen LogP contribution in [0.5, 0.6) is 0 Å². The van der Waals surface area contributed by atoms with Gasteiger partial charge in [-0.15, -0.1) is 0 Å². The summed E-state index contributed by atoms with van der Waals surface area (Å²) in [6, 6.07) is 9.23. The predicted octanol–water partition coefficient (Wildman–Crippen LogP) is 3.69. The number of ether oxygens (including phenoxy) is 1. The van der Waals surface area contributed by atoms with Gasteiger partial charge in [0.15, 0.2) is 5.78 Å². The topological polar surface area (TPSA) is 43.4 Å². The van der Waals surface area contributed by atoms with Crippen molar-refractivity contribution in [3.63, 3.8) is 0 Å². The van der Waals surface area contributed by atoms with Gasteiger partial charge in [0.25, 0.3) is 0 Å². The van der Waals surface area contributed by atoms with E-state index in [1.54, 1.807) is 0 Å². The zero-order valence-corrected chi connectivity index (χ0v) is 12.1.